The van der Waals surface area contributed by atoms with E-state index in [0.29, 0.717) is 13.0 Å². The summed E-state index contributed by atoms with van der Waals surface area (Å²) in [4.78, 5) is 29.8. The van der Waals surface area contributed by atoms with Crippen LogP contribution in [-0.4, -0.2) is 43.6 Å². The van der Waals surface area contributed by atoms with Crippen LogP contribution in [0.25, 0.3) is 24.3 Å². The number of carbonyl (C=O) groups is 2. The Kier molecular flexibility index (Phi) is 13.2. The minimum absolute atomic E-state index is 0.0601. The SMILES string of the molecule is O=C(CCCSSNC(=O)C[n+]1ccc(/C=C/c2ccc(N3CCCC3)cc2)cc1)C[n+]1ccc(/C=C/c2ccc(N3CCCC3)cc2)cc1. The maximum atomic E-state index is 12.5. The van der Waals surface area contributed by atoms with Gasteiger partial charge in [-0.25, -0.2) is 0 Å². The summed E-state index contributed by atoms with van der Waals surface area (Å²) in [5.74, 6) is 0.936. The van der Waals surface area contributed by atoms with Gasteiger partial charge in [-0.1, -0.05) is 59.4 Å². The molecule has 2 fully saturated rings. The Morgan fingerprint density at radius 3 is 1.48 bits per heavy atom. The molecule has 2 saturated heterocycles. The second-order valence-electron chi connectivity index (χ2n) is 12.9. The van der Waals surface area contributed by atoms with Crippen molar-refractivity contribution in [2.45, 2.75) is 51.6 Å². The maximum absolute atomic E-state index is 12.5. The molecule has 1 N–H and O–H groups in total. The lowest BCUT2D eigenvalue weighted by atomic mass is 10.1. The highest BCUT2D eigenvalue weighted by Gasteiger charge is 2.14. The average Bonchev–Trinajstić information content (AvgIpc) is 3.89. The Labute approximate surface area is 304 Å². The van der Waals surface area contributed by atoms with Gasteiger partial charge in [0.2, 0.25) is 13.1 Å². The van der Waals surface area contributed by atoms with Crippen molar-refractivity contribution in [2.24, 2.45) is 0 Å². The second-order valence-corrected chi connectivity index (χ2v) is 15.1. The third-order valence-corrected chi connectivity index (χ3v) is 11.1. The first-order valence-electron chi connectivity index (χ1n) is 17.7. The molecule has 2 aromatic heterocycles. The molecule has 1 amide bonds. The number of hydrogen-bond acceptors (Lipinski definition) is 6. The third kappa shape index (κ3) is 11.1. The van der Waals surface area contributed by atoms with Gasteiger partial charge in [-0.15, -0.1) is 0 Å². The molecule has 0 aliphatic carbocycles. The molecule has 258 valence electrons. The fourth-order valence-corrected chi connectivity index (χ4v) is 7.85. The molecule has 2 aromatic carbocycles. The van der Waals surface area contributed by atoms with Crippen molar-refractivity contribution in [1.29, 1.82) is 0 Å². The number of hydrogen-bond donors (Lipinski definition) is 1. The molecule has 0 saturated carbocycles. The number of Topliss-reactive ketones (excluding diaryl/α,β-unsaturated/α-hetero) is 1. The number of carbonyl (C=O) groups excluding carboxylic acids is 2. The maximum Gasteiger partial charge on any atom is 0.296 e. The lowest BCUT2D eigenvalue weighted by molar-refractivity contribution is -0.684. The quantitative estimate of drug-likeness (QED) is 0.0573. The first-order chi connectivity index (χ1) is 24.6. The minimum atomic E-state index is -0.0601. The lowest BCUT2D eigenvalue weighted by Gasteiger charge is -2.17. The molecule has 0 spiro atoms. The smallest absolute Gasteiger partial charge is 0.296 e. The molecular formula is C41H47N5O2S2+2. The number of anilines is 2. The van der Waals surface area contributed by atoms with E-state index in [1.54, 1.807) is 10.8 Å². The van der Waals surface area contributed by atoms with Crippen LogP contribution in [0.15, 0.2) is 97.6 Å². The highest BCUT2D eigenvalue weighted by Crippen LogP contribution is 2.23. The Morgan fingerprint density at radius 2 is 1.02 bits per heavy atom. The van der Waals surface area contributed by atoms with Crippen molar-refractivity contribution in [3.8, 4) is 0 Å². The average molecular weight is 706 g/mol. The van der Waals surface area contributed by atoms with Crippen molar-refractivity contribution in [3.63, 3.8) is 0 Å². The van der Waals surface area contributed by atoms with Crippen molar-refractivity contribution < 1.29 is 18.7 Å². The first-order valence-corrected chi connectivity index (χ1v) is 20.0. The summed E-state index contributed by atoms with van der Waals surface area (Å²) < 4.78 is 6.69. The van der Waals surface area contributed by atoms with Gasteiger partial charge < -0.3 is 9.80 Å². The van der Waals surface area contributed by atoms with Gasteiger partial charge in [-0.2, -0.15) is 9.13 Å². The molecule has 50 heavy (non-hydrogen) atoms. The van der Waals surface area contributed by atoms with E-state index in [-0.39, 0.29) is 18.2 Å². The summed E-state index contributed by atoms with van der Waals surface area (Å²) >= 11 is 0. The summed E-state index contributed by atoms with van der Waals surface area (Å²) in [6.07, 6.45) is 22.6. The molecule has 9 heteroatoms. The van der Waals surface area contributed by atoms with Crippen molar-refractivity contribution in [1.82, 2.24) is 4.72 Å². The van der Waals surface area contributed by atoms with E-state index in [4.69, 9.17) is 0 Å². The highest BCUT2D eigenvalue weighted by molar-refractivity contribution is 8.76. The molecule has 6 rings (SSSR count). The molecular weight excluding hydrogens is 659 g/mol. The monoisotopic (exact) mass is 705 g/mol. The van der Waals surface area contributed by atoms with Gasteiger partial charge >= 0.3 is 0 Å². The number of ketones is 1. The molecule has 0 bridgehead atoms. The molecule has 7 nitrogen and oxygen atoms in total. The first kappa shape index (κ1) is 35.5. The summed E-state index contributed by atoms with van der Waals surface area (Å²) in [7, 11) is 2.89. The van der Waals surface area contributed by atoms with E-state index in [0.717, 1.165) is 49.5 Å². The zero-order valence-electron chi connectivity index (χ0n) is 28.7. The van der Waals surface area contributed by atoms with Gasteiger partial charge in [0.15, 0.2) is 30.6 Å². The Balaban J connectivity index is 0.821. The van der Waals surface area contributed by atoms with E-state index < -0.39 is 0 Å². The predicted molar refractivity (Wildman–Crippen MR) is 209 cm³/mol. The number of pyridine rings is 2. The fourth-order valence-electron chi connectivity index (χ4n) is 6.23. The van der Waals surface area contributed by atoms with Crippen LogP contribution < -0.4 is 23.7 Å². The van der Waals surface area contributed by atoms with Crippen LogP contribution in [0.1, 0.15) is 60.8 Å². The minimum Gasteiger partial charge on any atom is -0.372 e. The van der Waals surface area contributed by atoms with Gasteiger partial charge in [-0.3, -0.25) is 14.3 Å². The number of nitrogens with one attached hydrogen (secondary N) is 1. The van der Waals surface area contributed by atoms with Gasteiger partial charge in [0.25, 0.3) is 5.91 Å². The summed E-state index contributed by atoms with van der Waals surface area (Å²) in [6, 6.07) is 25.6. The third-order valence-electron chi connectivity index (χ3n) is 9.08. The molecule has 4 aromatic rings. The van der Waals surface area contributed by atoms with Crippen molar-refractivity contribution in [2.75, 3.05) is 41.7 Å². The Morgan fingerprint density at radius 1 is 0.600 bits per heavy atom. The Hall–Kier alpha value is -4.34. The summed E-state index contributed by atoms with van der Waals surface area (Å²) in [5, 5.41) is 0. The predicted octanol–water partition coefficient (Wildman–Crippen LogP) is 7.26. The van der Waals surface area contributed by atoms with Crippen LogP contribution in [0.5, 0.6) is 0 Å². The van der Waals surface area contributed by atoms with E-state index in [1.165, 1.54) is 59.2 Å². The van der Waals surface area contributed by atoms with Crippen LogP contribution in [0, 0.1) is 0 Å². The van der Waals surface area contributed by atoms with Crippen LogP contribution in [-0.2, 0) is 22.7 Å². The molecule has 0 unspecified atom stereocenters. The number of amides is 1. The van der Waals surface area contributed by atoms with Gasteiger partial charge in [-0.05, 0) is 78.6 Å². The summed E-state index contributed by atoms with van der Waals surface area (Å²) in [5.41, 5.74) is 7.15. The molecule has 0 radical (unpaired) electrons. The number of nitrogens with zero attached hydrogens (tertiary/aromatic N) is 4. The van der Waals surface area contributed by atoms with Crippen molar-refractivity contribution >= 4 is 69.1 Å². The van der Waals surface area contributed by atoms with E-state index in [2.05, 4.69) is 87.4 Å². The zero-order valence-corrected chi connectivity index (χ0v) is 30.3. The Bertz CT molecular complexity index is 1600. The molecule has 2 aliphatic rings. The summed E-state index contributed by atoms with van der Waals surface area (Å²) in [6.45, 7) is 5.25. The van der Waals surface area contributed by atoms with Crippen LogP contribution in [0.2, 0.25) is 0 Å². The number of rotatable bonds is 16. The van der Waals surface area contributed by atoms with E-state index in [9.17, 15) is 9.59 Å². The topological polar surface area (TPSA) is 60.4 Å². The number of benzene rings is 2. The van der Waals surface area contributed by atoms with Crippen molar-refractivity contribution in [3.05, 3.63) is 120 Å². The molecule has 0 atom stereocenters. The highest BCUT2D eigenvalue weighted by atomic mass is 33.1. The lowest BCUT2D eigenvalue weighted by Crippen LogP contribution is -2.40. The van der Waals surface area contributed by atoms with Gasteiger partial charge in [0.1, 0.15) is 0 Å². The standard InChI is InChI=1S/C41H46N5O2S2/c47-40(32-43-27-19-36(20-28-43)9-7-34-11-15-38(16-12-34)45-23-1-2-24-45)6-5-31-49-50-42-41(48)33-44-29-21-37(22-30-44)10-8-35-13-17-39(18-14-35)46-25-3-4-26-46/h7-22,27-30H,1-6,23-26,31-33H2/q+1/p+1. The largest absolute Gasteiger partial charge is 0.372 e. The van der Waals surface area contributed by atoms with E-state index >= 15 is 0 Å². The van der Waals surface area contributed by atoms with Crippen LogP contribution in [0.3, 0.4) is 0 Å². The van der Waals surface area contributed by atoms with E-state index in [1.807, 2.05) is 58.2 Å². The fraction of sp³-hybridized carbons (Fsp3) is 0.317. The number of aromatic nitrogens is 2. The normalized spacial score (nSPS) is 14.6. The van der Waals surface area contributed by atoms with Gasteiger partial charge in [0.05, 0.1) is 0 Å². The zero-order chi connectivity index (χ0) is 34.4. The molecule has 4 heterocycles. The van der Waals surface area contributed by atoms with Crippen LogP contribution in [0.4, 0.5) is 11.4 Å². The van der Waals surface area contributed by atoms with Crippen LogP contribution >= 0.6 is 21.8 Å². The second kappa shape index (κ2) is 18.6. The van der Waals surface area contributed by atoms with Gasteiger partial charge in [0, 0.05) is 85.0 Å². The molecule has 2 aliphatic heterocycles.